The Kier molecular flexibility index (Phi) is 9.19. The molecule has 0 heterocycles. The van der Waals surface area contributed by atoms with E-state index < -0.39 is 24.4 Å². The SMILES string of the molecule is C=COC(=O)c1ccc(SC(=O)c2ccc3c(c2)C(C)c2c-3ccc(OCCCOC(=O)C(=C)CO)c2F)cc1. The first-order valence-electron chi connectivity index (χ1n) is 12.4. The largest absolute Gasteiger partial charge is 0.490 e. The first-order valence-corrected chi connectivity index (χ1v) is 13.3. The highest BCUT2D eigenvalue weighted by Gasteiger charge is 2.31. The summed E-state index contributed by atoms with van der Waals surface area (Å²) in [6.45, 7) is 8.33. The third kappa shape index (κ3) is 6.16. The fourth-order valence-electron chi connectivity index (χ4n) is 4.33. The monoisotopic (exact) mass is 562 g/mol. The first kappa shape index (κ1) is 28.8. The van der Waals surface area contributed by atoms with Crippen LogP contribution >= 0.6 is 11.8 Å². The van der Waals surface area contributed by atoms with E-state index >= 15 is 4.39 Å². The zero-order valence-corrected chi connectivity index (χ0v) is 22.6. The summed E-state index contributed by atoms with van der Waals surface area (Å²) in [5, 5.41) is 8.71. The number of carbonyl (C=O) groups is 3. The van der Waals surface area contributed by atoms with Gasteiger partial charge in [-0.05, 0) is 70.9 Å². The van der Waals surface area contributed by atoms with Crippen molar-refractivity contribution in [2.24, 2.45) is 0 Å². The molecule has 0 saturated heterocycles. The molecule has 0 aromatic heterocycles. The van der Waals surface area contributed by atoms with Crippen LogP contribution in [0.4, 0.5) is 4.39 Å². The minimum absolute atomic E-state index is 0.0376. The molecular weight excluding hydrogens is 535 g/mol. The van der Waals surface area contributed by atoms with E-state index in [1.54, 1.807) is 48.5 Å². The fraction of sp³-hybridized carbons (Fsp3) is 0.194. The van der Waals surface area contributed by atoms with E-state index in [9.17, 15) is 14.4 Å². The van der Waals surface area contributed by atoms with E-state index in [-0.39, 0.29) is 35.6 Å². The molecule has 1 unspecified atom stereocenters. The number of aliphatic hydroxyl groups is 1. The number of rotatable bonds is 11. The van der Waals surface area contributed by atoms with Crippen molar-refractivity contribution >= 4 is 28.8 Å². The van der Waals surface area contributed by atoms with Crippen LogP contribution in [0.25, 0.3) is 11.1 Å². The number of halogens is 1. The van der Waals surface area contributed by atoms with E-state index in [0.717, 1.165) is 34.7 Å². The summed E-state index contributed by atoms with van der Waals surface area (Å²) < 4.78 is 30.8. The van der Waals surface area contributed by atoms with Crippen molar-refractivity contribution in [1.29, 1.82) is 0 Å². The summed E-state index contributed by atoms with van der Waals surface area (Å²) in [5.74, 6) is -1.89. The summed E-state index contributed by atoms with van der Waals surface area (Å²) in [6, 6.07) is 15.2. The van der Waals surface area contributed by atoms with Crippen molar-refractivity contribution in [2.75, 3.05) is 19.8 Å². The van der Waals surface area contributed by atoms with Crippen LogP contribution in [0.2, 0.25) is 0 Å². The second-order valence-corrected chi connectivity index (χ2v) is 9.99. The van der Waals surface area contributed by atoms with Crippen molar-refractivity contribution in [3.8, 4) is 16.9 Å². The highest BCUT2D eigenvalue weighted by Crippen LogP contribution is 2.48. The maximum absolute atomic E-state index is 15.5. The van der Waals surface area contributed by atoms with Crippen LogP contribution in [-0.4, -0.2) is 42.0 Å². The number of hydrogen-bond donors (Lipinski definition) is 1. The van der Waals surface area contributed by atoms with Gasteiger partial charge in [0, 0.05) is 28.4 Å². The topological polar surface area (TPSA) is 99.1 Å². The van der Waals surface area contributed by atoms with Crippen LogP contribution < -0.4 is 4.74 Å². The maximum Gasteiger partial charge on any atom is 0.342 e. The maximum atomic E-state index is 15.5. The lowest BCUT2D eigenvalue weighted by Gasteiger charge is -2.13. The number of ether oxygens (including phenoxy) is 3. The van der Waals surface area contributed by atoms with Gasteiger partial charge in [-0.2, -0.15) is 0 Å². The zero-order chi connectivity index (χ0) is 28.8. The number of carbonyl (C=O) groups excluding carboxylic acids is 3. The number of esters is 2. The van der Waals surface area contributed by atoms with E-state index in [1.165, 1.54) is 0 Å². The Morgan fingerprint density at radius 2 is 1.73 bits per heavy atom. The molecule has 206 valence electrons. The van der Waals surface area contributed by atoms with Gasteiger partial charge in [-0.25, -0.2) is 14.0 Å². The lowest BCUT2D eigenvalue weighted by Crippen LogP contribution is -2.12. The summed E-state index contributed by atoms with van der Waals surface area (Å²) in [4.78, 5) is 37.0. The van der Waals surface area contributed by atoms with Gasteiger partial charge in [-0.15, -0.1) is 0 Å². The molecule has 0 amide bonds. The van der Waals surface area contributed by atoms with E-state index in [4.69, 9.17) is 19.3 Å². The third-order valence-corrected chi connectivity index (χ3v) is 7.30. The van der Waals surface area contributed by atoms with Crippen molar-refractivity contribution in [3.05, 3.63) is 108 Å². The van der Waals surface area contributed by atoms with Gasteiger partial charge in [-0.1, -0.05) is 32.2 Å². The molecule has 1 N–H and O–H groups in total. The molecule has 3 aromatic rings. The predicted octanol–water partition coefficient (Wildman–Crippen LogP) is 6.05. The Morgan fingerprint density at radius 3 is 2.42 bits per heavy atom. The number of fused-ring (bicyclic) bond motifs is 3. The van der Waals surface area contributed by atoms with Crippen LogP contribution in [0.3, 0.4) is 0 Å². The van der Waals surface area contributed by atoms with Crippen LogP contribution in [0, 0.1) is 5.82 Å². The fourth-order valence-corrected chi connectivity index (χ4v) is 5.06. The van der Waals surface area contributed by atoms with Gasteiger partial charge >= 0.3 is 11.9 Å². The summed E-state index contributed by atoms with van der Waals surface area (Å²) >= 11 is 1.03. The minimum atomic E-state index is -0.683. The number of thioether (sulfide) groups is 1. The minimum Gasteiger partial charge on any atom is -0.490 e. The molecule has 1 aliphatic rings. The number of hydrogen-bond acceptors (Lipinski definition) is 8. The molecule has 4 rings (SSSR count). The molecule has 1 aliphatic carbocycles. The lowest BCUT2D eigenvalue weighted by molar-refractivity contribution is -0.139. The Balaban J connectivity index is 1.41. The second kappa shape index (κ2) is 12.8. The smallest absolute Gasteiger partial charge is 0.342 e. The van der Waals surface area contributed by atoms with Gasteiger partial charge in [0.1, 0.15) is 0 Å². The average Bonchev–Trinajstić information content (AvgIpc) is 3.25. The van der Waals surface area contributed by atoms with Gasteiger partial charge in [0.25, 0.3) is 0 Å². The van der Waals surface area contributed by atoms with Crippen molar-refractivity contribution < 1.29 is 38.1 Å². The molecule has 1 atom stereocenters. The highest BCUT2D eigenvalue weighted by molar-refractivity contribution is 8.14. The number of aliphatic hydroxyl groups excluding tert-OH is 1. The summed E-state index contributed by atoms with van der Waals surface area (Å²) in [5.41, 5.74) is 3.73. The van der Waals surface area contributed by atoms with Gasteiger partial charge in [-0.3, -0.25) is 4.79 Å². The molecule has 0 spiro atoms. The molecule has 0 fully saturated rings. The third-order valence-electron chi connectivity index (χ3n) is 6.37. The van der Waals surface area contributed by atoms with E-state index in [2.05, 4.69) is 13.2 Å². The van der Waals surface area contributed by atoms with E-state index in [1.807, 2.05) is 13.0 Å². The Labute approximate surface area is 235 Å². The van der Waals surface area contributed by atoms with Crippen LogP contribution in [0.15, 0.2) is 84.5 Å². The predicted molar refractivity (Wildman–Crippen MR) is 149 cm³/mol. The van der Waals surface area contributed by atoms with Crippen molar-refractivity contribution in [1.82, 2.24) is 0 Å². The quantitative estimate of drug-likeness (QED) is 0.0991. The van der Waals surface area contributed by atoms with Crippen LogP contribution in [-0.2, 0) is 14.3 Å². The molecule has 0 aliphatic heterocycles. The van der Waals surface area contributed by atoms with Gasteiger partial charge in [0.2, 0.25) is 5.12 Å². The van der Waals surface area contributed by atoms with Crippen LogP contribution in [0.5, 0.6) is 5.75 Å². The Bertz CT molecular complexity index is 1480. The molecule has 0 bridgehead atoms. The molecule has 0 saturated carbocycles. The zero-order valence-electron chi connectivity index (χ0n) is 21.8. The number of benzene rings is 3. The summed E-state index contributed by atoms with van der Waals surface area (Å²) in [6.07, 6.45) is 1.39. The molecule has 0 radical (unpaired) electrons. The molecule has 9 heteroatoms. The van der Waals surface area contributed by atoms with Gasteiger partial charge < -0.3 is 19.3 Å². The average molecular weight is 563 g/mol. The molecule has 40 heavy (non-hydrogen) atoms. The molecule has 3 aromatic carbocycles. The molecular formula is C31H27FO7S. The van der Waals surface area contributed by atoms with Crippen LogP contribution in [0.1, 0.15) is 51.1 Å². The standard InChI is InChI=1S/C31H27FO7S/c1-4-37-30(35)20-6-9-22(10-7-20)40-31(36)21-8-11-23-24-12-13-26(28(32)27(24)19(3)25(23)16-21)38-14-5-15-39-29(34)18(2)17-33/h4,6-13,16,19,33H,1-2,5,14-15,17H2,3H3. The Morgan fingerprint density at radius 1 is 1.02 bits per heavy atom. The van der Waals surface area contributed by atoms with Crippen molar-refractivity contribution in [3.63, 3.8) is 0 Å². The molecule has 7 nitrogen and oxygen atoms in total. The first-order chi connectivity index (χ1) is 19.2. The van der Waals surface area contributed by atoms with Gasteiger partial charge in [0.15, 0.2) is 11.6 Å². The summed E-state index contributed by atoms with van der Waals surface area (Å²) in [7, 11) is 0. The van der Waals surface area contributed by atoms with Crippen molar-refractivity contribution in [2.45, 2.75) is 24.2 Å². The Hall–Kier alpha value is -4.21. The lowest BCUT2D eigenvalue weighted by atomic mass is 9.97. The van der Waals surface area contributed by atoms with E-state index in [0.29, 0.717) is 28.0 Å². The normalized spacial score (nSPS) is 13.1. The second-order valence-electron chi connectivity index (χ2n) is 8.95. The van der Waals surface area contributed by atoms with Gasteiger partial charge in [0.05, 0.1) is 37.2 Å². The highest BCUT2D eigenvalue weighted by atomic mass is 32.2.